The molecular formula is C20H25N5O3S2. The summed E-state index contributed by atoms with van der Waals surface area (Å²) in [5.74, 6) is -0.342. The molecule has 30 heavy (non-hydrogen) atoms. The number of aromatic nitrogens is 3. The Hall–Kier alpha value is -2.30. The first-order chi connectivity index (χ1) is 14.2. The Balaban J connectivity index is 1.38. The smallest absolute Gasteiger partial charge is 0.262 e. The molecule has 160 valence electrons. The lowest BCUT2D eigenvalue weighted by atomic mass is 9.97. The van der Waals surface area contributed by atoms with Crippen molar-refractivity contribution in [2.24, 2.45) is 5.92 Å². The van der Waals surface area contributed by atoms with Crippen molar-refractivity contribution in [3.63, 3.8) is 0 Å². The number of rotatable bonds is 5. The minimum absolute atomic E-state index is 0.0591. The van der Waals surface area contributed by atoms with Crippen LogP contribution in [0, 0.1) is 12.8 Å². The van der Waals surface area contributed by atoms with Crippen LogP contribution < -0.4 is 5.32 Å². The Kier molecular flexibility index (Phi) is 5.65. The van der Waals surface area contributed by atoms with Gasteiger partial charge in [-0.05, 0) is 51.3 Å². The number of imidazole rings is 1. The number of carbonyl (C=O) groups excluding carboxylic acids is 1. The summed E-state index contributed by atoms with van der Waals surface area (Å²) in [6.45, 7) is 6.55. The number of carbonyl (C=O) groups is 1. The lowest BCUT2D eigenvalue weighted by Gasteiger charge is -2.29. The average molecular weight is 448 g/mol. The van der Waals surface area contributed by atoms with E-state index in [1.54, 1.807) is 10.8 Å². The Morgan fingerprint density at radius 1 is 1.27 bits per heavy atom. The van der Waals surface area contributed by atoms with E-state index in [9.17, 15) is 13.2 Å². The van der Waals surface area contributed by atoms with Crippen molar-refractivity contribution < 1.29 is 13.2 Å². The molecule has 1 aliphatic heterocycles. The van der Waals surface area contributed by atoms with Crippen molar-refractivity contribution in [3.8, 4) is 0 Å². The van der Waals surface area contributed by atoms with Gasteiger partial charge in [-0.2, -0.15) is 4.31 Å². The second kappa shape index (κ2) is 8.09. The molecule has 1 aromatic carbocycles. The van der Waals surface area contributed by atoms with Gasteiger partial charge in [-0.3, -0.25) is 4.79 Å². The number of aryl methyl sites for hydroxylation is 1. The number of piperidine rings is 1. The van der Waals surface area contributed by atoms with E-state index in [-0.39, 0.29) is 22.9 Å². The molecule has 0 unspecified atom stereocenters. The summed E-state index contributed by atoms with van der Waals surface area (Å²) in [5.41, 5.74) is 2.01. The molecule has 10 heteroatoms. The molecule has 0 saturated carbocycles. The van der Waals surface area contributed by atoms with Crippen LogP contribution in [-0.2, 0) is 14.8 Å². The van der Waals surface area contributed by atoms with E-state index < -0.39 is 10.0 Å². The number of nitrogens with one attached hydrogen (secondary N) is 1. The van der Waals surface area contributed by atoms with Gasteiger partial charge >= 0.3 is 0 Å². The molecule has 4 rings (SSSR count). The van der Waals surface area contributed by atoms with Crippen LogP contribution in [0.1, 0.15) is 38.3 Å². The largest absolute Gasteiger partial charge is 0.334 e. The van der Waals surface area contributed by atoms with Gasteiger partial charge in [0.2, 0.25) is 5.91 Å². The fraction of sp³-hybridized carbons (Fsp3) is 0.450. The van der Waals surface area contributed by atoms with Crippen molar-refractivity contribution in [2.45, 2.75) is 44.7 Å². The van der Waals surface area contributed by atoms with E-state index in [4.69, 9.17) is 0 Å². The number of benzene rings is 1. The lowest BCUT2D eigenvalue weighted by molar-refractivity contribution is -0.120. The van der Waals surface area contributed by atoms with Gasteiger partial charge in [0, 0.05) is 31.2 Å². The summed E-state index contributed by atoms with van der Waals surface area (Å²) < 4.78 is 29.9. The maximum absolute atomic E-state index is 12.9. The summed E-state index contributed by atoms with van der Waals surface area (Å²) in [6.07, 6.45) is 4.05. The quantitative estimate of drug-likeness (QED) is 0.646. The molecule has 0 atom stereocenters. The molecule has 1 saturated heterocycles. The highest BCUT2D eigenvalue weighted by atomic mass is 32.2. The number of sulfonamides is 1. The third kappa shape index (κ3) is 4.12. The number of hydrogen-bond donors (Lipinski definition) is 1. The molecule has 2 aromatic heterocycles. The molecular weight excluding hydrogens is 422 g/mol. The van der Waals surface area contributed by atoms with Crippen LogP contribution in [0.15, 0.2) is 35.7 Å². The first-order valence-corrected chi connectivity index (χ1v) is 12.2. The van der Waals surface area contributed by atoms with Gasteiger partial charge in [0.1, 0.15) is 0 Å². The van der Waals surface area contributed by atoms with Crippen molar-refractivity contribution in [3.05, 3.63) is 36.3 Å². The Morgan fingerprint density at radius 2 is 2.00 bits per heavy atom. The zero-order valence-electron chi connectivity index (χ0n) is 17.2. The summed E-state index contributed by atoms with van der Waals surface area (Å²) in [4.78, 5) is 21.2. The highest BCUT2D eigenvalue weighted by Crippen LogP contribution is 2.29. The molecule has 1 aliphatic rings. The maximum Gasteiger partial charge on any atom is 0.262 e. The van der Waals surface area contributed by atoms with Crippen molar-refractivity contribution in [2.75, 3.05) is 18.4 Å². The summed E-state index contributed by atoms with van der Waals surface area (Å²) in [7, 11) is -3.64. The highest BCUT2D eigenvalue weighted by Gasteiger charge is 2.33. The molecule has 0 aliphatic carbocycles. The van der Waals surface area contributed by atoms with Gasteiger partial charge in [0.25, 0.3) is 10.0 Å². The molecule has 1 fully saturated rings. The number of fused-ring (bicyclic) bond motifs is 1. The van der Waals surface area contributed by atoms with E-state index in [1.807, 2.05) is 39.0 Å². The summed E-state index contributed by atoms with van der Waals surface area (Å²) in [6, 6.07) is 6.13. The minimum atomic E-state index is -3.64. The molecule has 8 nitrogen and oxygen atoms in total. The van der Waals surface area contributed by atoms with Crippen LogP contribution in [0.4, 0.5) is 5.13 Å². The molecule has 3 heterocycles. The van der Waals surface area contributed by atoms with Crippen molar-refractivity contribution in [1.82, 2.24) is 18.8 Å². The van der Waals surface area contributed by atoms with E-state index in [0.29, 0.717) is 31.1 Å². The van der Waals surface area contributed by atoms with Crippen LogP contribution >= 0.6 is 11.3 Å². The zero-order chi connectivity index (χ0) is 21.5. The molecule has 0 bridgehead atoms. The van der Waals surface area contributed by atoms with Crippen LogP contribution in [0.25, 0.3) is 10.2 Å². The number of amides is 1. The average Bonchev–Trinajstić information content (AvgIpc) is 3.35. The normalized spacial score (nSPS) is 16.4. The minimum Gasteiger partial charge on any atom is -0.334 e. The van der Waals surface area contributed by atoms with Gasteiger partial charge < -0.3 is 9.88 Å². The molecule has 0 radical (unpaired) electrons. The number of nitrogens with zero attached hydrogens (tertiary/aromatic N) is 4. The number of anilines is 1. The van der Waals surface area contributed by atoms with E-state index >= 15 is 0 Å². The van der Waals surface area contributed by atoms with Gasteiger partial charge in [0.05, 0.1) is 16.5 Å². The fourth-order valence-electron chi connectivity index (χ4n) is 3.52. The first kappa shape index (κ1) is 21.0. The third-order valence-corrected chi connectivity index (χ3v) is 8.10. The lowest BCUT2D eigenvalue weighted by Crippen LogP contribution is -2.41. The molecule has 3 aromatic rings. The summed E-state index contributed by atoms with van der Waals surface area (Å²) >= 11 is 1.45. The van der Waals surface area contributed by atoms with Crippen LogP contribution in [0.5, 0.6) is 0 Å². The van der Waals surface area contributed by atoms with Crippen molar-refractivity contribution >= 4 is 42.6 Å². The molecule has 1 N–H and O–H groups in total. The first-order valence-electron chi connectivity index (χ1n) is 9.96. The number of hydrogen-bond acceptors (Lipinski definition) is 6. The van der Waals surface area contributed by atoms with E-state index in [0.717, 1.165) is 15.8 Å². The molecule has 0 spiro atoms. The SMILES string of the molecule is Cc1ccc2nc(NC(=O)C3CCN(S(=O)(=O)c4cn(C(C)C)cn4)CC3)sc2c1. The van der Waals surface area contributed by atoms with Gasteiger partial charge in [-0.1, -0.05) is 17.4 Å². The maximum atomic E-state index is 12.9. The monoisotopic (exact) mass is 447 g/mol. The Labute approximate surface area is 180 Å². The zero-order valence-corrected chi connectivity index (χ0v) is 18.8. The van der Waals surface area contributed by atoms with Crippen LogP contribution in [0.2, 0.25) is 0 Å². The second-order valence-corrected chi connectivity index (χ2v) is 10.8. The molecule has 1 amide bonds. The topological polar surface area (TPSA) is 97.2 Å². The standard InChI is InChI=1S/C20H25N5O3S2/c1-13(2)24-11-18(21-12-24)30(27,28)25-8-6-15(7-9-25)19(26)23-20-22-16-5-4-14(3)10-17(16)29-20/h4-5,10-13,15H,6-9H2,1-3H3,(H,22,23,26). The van der Waals surface area contributed by atoms with E-state index in [1.165, 1.54) is 22.0 Å². The van der Waals surface area contributed by atoms with E-state index in [2.05, 4.69) is 15.3 Å². The highest BCUT2D eigenvalue weighted by molar-refractivity contribution is 7.89. The predicted molar refractivity (Wildman–Crippen MR) is 117 cm³/mol. The van der Waals surface area contributed by atoms with Gasteiger partial charge in [-0.15, -0.1) is 0 Å². The number of thiazole rings is 1. The third-order valence-electron chi connectivity index (χ3n) is 5.38. The predicted octanol–water partition coefficient (Wildman–Crippen LogP) is 3.42. The second-order valence-electron chi connectivity index (χ2n) is 7.91. The Bertz CT molecular complexity index is 1170. The Morgan fingerprint density at radius 3 is 2.67 bits per heavy atom. The van der Waals surface area contributed by atoms with Crippen LogP contribution in [-0.4, -0.2) is 46.3 Å². The fourth-order valence-corrected chi connectivity index (χ4v) is 5.88. The van der Waals surface area contributed by atoms with Crippen LogP contribution in [0.3, 0.4) is 0 Å². The summed E-state index contributed by atoms with van der Waals surface area (Å²) in [5, 5.41) is 3.54. The van der Waals surface area contributed by atoms with Gasteiger partial charge in [-0.25, -0.2) is 18.4 Å². The van der Waals surface area contributed by atoms with Gasteiger partial charge in [0.15, 0.2) is 10.2 Å². The van der Waals surface area contributed by atoms with Crippen molar-refractivity contribution in [1.29, 1.82) is 0 Å².